The molecule has 1 heteroatoms. The molecule has 0 saturated carbocycles. The third-order valence-corrected chi connectivity index (χ3v) is 2.82. The first-order chi connectivity index (χ1) is 6.58. The van der Waals surface area contributed by atoms with Crippen molar-refractivity contribution < 1.29 is 5.11 Å². The van der Waals surface area contributed by atoms with E-state index in [9.17, 15) is 5.11 Å². The SMILES string of the molecule is CC1CC(C)(O)C=C1c1ccccc1. The van der Waals surface area contributed by atoms with Crippen molar-refractivity contribution in [3.05, 3.63) is 42.0 Å². The van der Waals surface area contributed by atoms with E-state index in [-0.39, 0.29) is 0 Å². The van der Waals surface area contributed by atoms with E-state index >= 15 is 0 Å². The molecule has 2 unspecified atom stereocenters. The summed E-state index contributed by atoms with van der Waals surface area (Å²) in [5.41, 5.74) is 1.89. The van der Waals surface area contributed by atoms with Crippen molar-refractivity contribution in [2.24, 2.45) is 5.92 Å². The molecule has 74 valence electrons. The van der Waals surface area contributed by atoms with Gasteiger partial charge in [-0.15, -0.1) is 0 Å². The molecule has 0 radical (unpaired) electrons. The van der Waals surface area contributed by atoms with Crippen LogP contribution in [0.4, 0.5) is 0 Å². The van der Waals surface area contributed by atoms with Gasteiger partial charge in [-0.2, -0.15) is 0 Å². The fourth-order valence-corrected chi connectivity index (χ4v) is 2.26. The molecule has 2 atom stereocenters. The van der Waals surface area contributed by atoms with E-state index in [0.29, 0.717) is 5.92 Å². The molecular weight excluding hydrogens is 172 g/mol. The van der Waals surface area contributed by atoms with Crippen LogP contribution >= 0.6 is 0 Å². The Hall–Kier alpha value is -1.08. The maximum atomic E-state index is 9.92. The predicted octanol–water partition coefficient (Wildman–Crippen LogP) is 2.86. The average molecular weight is 188 g/mol. The van der Waals surface area contributed by atoms with Crippen molar-refractivity contribution in [1.29, 1.82) is 0 Å². The van der Waals surface area contributed by atoms with Gasteiger partial charge in [-0.25, -0.2) is 0 Å². The number of aliphatic hydroxyl groups is 1. The van der Waals surface area contributed by atoms with Crippen molar-refractivity contribution in [3.63, 3.8) is 0 Å². The number of rotatable bonds is 1. The van der Waals surface area contributed by atoms with Crippen LogP contribution in [0.15, 0.2) is 36.4 Å². The molecule has 0 spiro atoms. The second-order valence-electron chi connectivity index (χ2n) is 4.43. The van der Waals surface area contributed by atoms with E-state index in [1.165, 1.54) is 11.1 Å². The summed E-state index contributed by atoms with van der Waals surface area (Å²) in [6.45, 7) is 4.04. The highest BCUT2D eigenvalue weighted by molar-refractivity contribution is 5.70. The maximum absolute atomic E-state index is 9.92. The van der Waals surface area contributed by atoms with Gasteiger partial charge in [-0.05, 0) is 36.5 Å². The van der Waals surface area contributed by atoms with Crippen LogP contribution in [0.3, 0.4) is 0 Å². The Morgan fingerprint density at radius 2 is 1.93 bits per heavy atom. The highest BCUT2D eigenvalue weighted by Gasteiger charge is 2.30. The molecule has 2 rings (SSSR count). The molecule has 0 heterocycles. The number of hydrogen-bond acceptors (Lipinski definition) is 1. The third kappa shape index (κ3) is 1.73. The maximum Gasteiger partial charge on any atom is 0.0811 e. The Balaban J connectivity index is 2.36. The van der Waals surface area contributed by atoms with Crippen LogP contribution < -0.4 is 0 Å². The van der Waals surface area contributed by atoms with Crippen LogP contribution in [0.25, 0.3) is 5.57 Å². The van der Waals surface area contributed by atoms with E-state index in [1.54, 1.807) is 0 Å². The molecule has 1 aliphatic carbocycles. The quantitative estimate of drug-likeness (QED) is 0.718. The molecule has 14 heavy (non-hydrogen) atoms. The Bertz CT molecular complexity index is 349. The molecular formula is C13H16O. The van der Waals surface area contributed by atoms with Crippen molar-refractivity contribution in [2.75, 3.05) is 0 Å². The number of hydrogen-bond donors (Lipinski definition) is 1. The summed E-state index contributed by atoms with van der Waals surface area (Å²) in [5, 5.41) is 9.92. The molecule has 0 fully saturated rings. The highest BCUT2D eigenvalue weighted by atomic mass is 16.3. The van der Waals surface area contributed by atoms with Crippen molar-refractivity contribution >= 4 is 5.57 Å². The van der Waals surface area contributed by atoms with Gasteiger partial charge >= 0.3 is 0 Å². The van der Waals surface area contributed by atoms with Crippen molar-refractivity contribution in [2.45, 2.75) is 25.9 Å². The summed E-state index contributed by atoms with van der Waals surface area (Å²) in [5.74, 6) is 0.451. The fraction of sp³-hybridized carbons (Fsp3) is 0.385. The van der Waals surface area contributed by atoms with E-state index in [4.69, 9.17) is 0 Å². The normalized spacial score (nSPS) is 31.6. The Morgan fingerprint density at radius 1 is 1.29 bits per heavy atom. The summed E-state index contributed by atoms with van der Waals surface area (Å²) in [6, 6.07) is 10.3. The van der Waals surface area contributed by atoms with Crippen molar-refractivity contribution in [3.8, 4) is 0 Å². The molecule has 1 N–H and O–H groups in total. The second kappa shape index (κ2) is 3.25. The van der Waals surface area contributed by atoms with Crippen LogP contribution in [0.2, 0.25) is 0 Å². The summed E-state index contributed by atoms with van der Waals surface area (Å²) >= 11 is 0. The van der Waals surface area contributed by atoms with Crippen LogP contribution in [0.1, 0.15) is 25.8 Å². The van der Waals surface area contributed by atoms with Gasteiger partial charge in [0.15, 0.2) is 0 Å². The molecule has 1 aromatic rings. The van der Waals surface area contributed by atoms with Gasteiger partial charge in [0.05, 0.1) is 5.60 Å². The first kappa shape index (κ1) is 9.47. The fourth-order valence-electron chi connectivity index (χ4n) is 2.26. The minimum absolute atomic E-state index is 0.451. The monoisotopic (exact) mass is 188 g/mol. The Morgan fingerprint density at radius 3 is 2.43 bits per heavy atom. The van der Waals surface area contributed by atoms with Gasteiger partial charge < -0.3 is 5.11 Å². The molecule has 1 aliphatic rings. The lowest BCUT2D eigenvalue weighted by molar-refractivity contribution is 0.103. The first-order valence-corrected chi connectivity index (χ1v) is 5.09. The standard InChI is InChI=1S/C13H16O/c1-10-8-13(2,14)9-12(10)11-6-4-3-5-7-11/h3-7,9-10,14H,8H2,1-2H3. The Kier molecular flexibility index (Phi) is 2.20. The third-order valence-electron chi connectivity index (χ3n) is 2.82. The van der Waals surface area contributed by atoms with Gasteiger partial charge in [-0.1, -0.05) is 37.3 Å². The van der Waals surface area contributed by atoms with Gasteiger partial charge in [0.1, 0.15) is 0 Å². The minimum Gasteiger partial charge on any atom is -0.386 e. The number of allylic oxidation sites excluding steroid dienone is 1. The van der Waals surface area contributed by atoms with Gasteiger partial charge in [0.25, 0.3) is 0 Å². The van der Waals surface area contributed by atoms with E-state index < -0.39 is 5.60 Å². The molecule has 1 aromatic carbocycles. The van der Waals surface area contributed by atoms with E-state index in [2.05, 4.69) is 19.1 Å². The molecule has 0 amide bonds. The van der Waals surface area contributed by atoms with Crippen LogP contribution in [0, 0.1) is 5.92 Å². The molecule has 0 bridgehead atoms. The lowest BCUT2D eigenvalue weighted by Crippen LogP contribution is -2.17. The van der Waals surface area contributed by atoms with E-state index in [1.807, 2.05) is 31.2 Å². The van der Waals surface area contributed by atoms with Gasteiger partial charge in [0, 0.05) is 0 Å². The summed E-state index contributed by atoms with van der Waals surface area (Å²) < 4.78 is 0. The molecule has 0 saturated heterocycles. The lowest BCUT2D eigenvalue weighted by Gasteiger charge is -2.13. The average Bonchev–Trinajstić information content (AvgIpc) is 2.41. The zero-order valence-electron chi connectivity index (χ0n) is 8.70. The lowest BCUT2D eigenvalue weighted by atomic mass is 9.96. The minimum atomic E-state index is -0.620. The topological polar surface area (TPSA) is 20.2 Å². The largest absolute Gasteiger partial charge is 0.386 e. The highest BCUT2D eigenvalue weighted by Crippen LogP contribution is 2.38. The summed E-state index contributed by atoms with van der Waals surface area (Å²) in [7, 11) is 0. The predicted molar refractivity (Wildman–Crippen MR) is 58.8 cm³/mol. The smallest absolute Gasteiger partial charge is 0.0811 e. The summed E-state index contributed by atoms with van der Waals surface area (Å²) in [6.07, 6.45) is 2.82. The molecule has 1 nitrogen and oxygen atoms in total. The van der Waals surface area contributed by atoms with Crippen LogP contribution in [-0.4, -0.2) is 10.7 Å². The van der Waals surface area contributed by atoms with Crippen LogP contribution in [-0.2, 0) is 0 Å². The second-order valence-corrected chi connectivity index (χ2v) is 4.43. The molecule has 0 aromatic heterocycles. The Labute approximate surface area is 85.1 Å². The summed E-state index contributed by atoms with van der Waals surface area (Å²) in [4.78, 5) is 0. The van der Waals surface area contributed by atoms with Gasteiger partial charge in [-0.3, -0.25) is 0 Å². The zero-order valence-corrected chi connectivity index (χ0v) is 8.70. The molecule has 0 aliphatic heterocycles. The first-order valence-electron chi connectivity index (χ1n) is 5.09. The van der Waals surface area contributed by atoms with Gasteiger partial charge in [0.2, 0.25) is 0 Å². The zero-order chi connectivity index (χ0) is 10.2. The van der Waals surface area contributed by atoms with Crippen LogP contribution in [0.5, 0.6) is 0 Å². The van der Waals surface area contributed by atoms with E-state index in [0.717, 1.165) is 6.42 Å². The number of benzene rings is 1. The van der Waals surface area contributed by atoms with Crippen molar-refractivity contribution in [1.82, 2.24) is 0 Å².